The summed E-state index contributed by atoms with van der Waals surface area (Å²) < 4.78 is 45.1. The highest BCUT2D eigenvalue weighted by Gasteiger charge is 2.28. The summed E-state index contributed by atoms with van der Waals surface area (Å²) in [6.07, 6.45) is 0. The summed E-state index contributed by atoms with van der Waals surface area (Å²) in [6, 6.07) is 3.26. The maximum atomic E-state index is 13.7. The van der Waals surface area contributed by atoms with Crippen molar-refractivity contribution in [2.45, 2.75) is 4.90 Å². The second-order valence-electron chi connectivity index (χ2n) is 4.86. The van der Waals surface area contributed by atoms with E-state index in [9.17, 15) is 17.6 Å². The Morgan fingerprint density at radius 3 is 2.48 bits per heavy atom. The van der Waals surface area contributed by atoms with E-state index in [1.54, 1.807) is 0 Å². The zero-order valence-corrected chi connectivity index (χ0v) is 12.7. The van der Waals surface area contributed by atoms with Crippen LogP contribution in [-0.2, 0) is 14.8 Å². The Labute approximate surface area is 123 Å². The van der Waals surface area contributed by atoms with Crippen molar-refractivity contribution in [2.75, 3.05) is 40.4 Å². The Morgan fingerprint density at radius 1 is 1.29 bits per heavy atom. The summed E-state index contributed by atoms with van der Waals surface area (Å²) in [4.78, 5) is 13.0. The molecule has 1 aliphatic rings. The summed E-state index contributed by atoms with van der Waals surface area (Å²) in [5, 5.41) is 0. The first-order valence-corrected chi connectivity index (χ1v) is 7.87. The van der Waals surface area contributed by atoms with Crippen molar-refractivity contribution in [1.29, 1.82) is 0 Å². The molecule has 8 heteroatoms. The predicted octanol–water partition coefficient (Wildman–Crippen LogP) is 0.548. The van der Waals surface area contributed by atoms with Crippen LogP contribution >= 0.6 is 0 Å². The molecule has 0 N–H and O–H groups in total. The number of amides is 1. The molecule has 6 nitrogen and oxygen atoms in total. The molecule has 1 aromatic carbocycles. The standard InChI is InChI=1S/C13H17FN2O4S/c1-15(2)13(17)11-9-10(3-4-12(11)14)21(18,19)16-5-7-20-8-6-16/h3-4,9H,5-8H2,1-2H3. The molecule has 0 aromatic heterocycles. The molecule has 1 amide bonds. The van der Waals surface area contributed by atoms with Gasteiger partial charge in [-0.25, -0.2) is 12.8 Å². The van der Waals surface area contributed by atoms with Gasteiger partial charge in [0.05, 0.1) is 23.7 Å². The van der Waals surface area contributed by atoms with Crippen molar-refractivity contribution in [2.24, 2.45) is 0 Å². The van der Waals surface area contributed by atoms with Gasteiger partial charge in [0.1, 0.15) is 5.82 Å². The lowest BCUT2D eigenvalue weighted by atomic mass is 10.2. The van der Waals surface area contributed by atoms with Crippen LogP contribution in [0.1, 0.15) is 10.4 Å². The molecule has 1 fully saturated rings. The maximum absolute atomic E-state index is 13.7. The van der Waals surface area contributed by atoms with Gasteiger partial charge in [-0.1, -0.05) is 0 Å². The minimum absolute atomic E-state index is 0.0870. The van der Waals surface area contributed by atoms with E-state index >= 15 is 0 Å². The molecule has 0 radical (unpaired) electrons. The van der Waals surface area contributed by atoms with E-state index in [1.807, 2.05) is 0 Å². The smallest absolute Gasteiger partial charge is 0.256 e. The topological polar surface area (TPSA) is 66.9 Å². The van der Waals surface area contributed by atoms with E-state index in [-0.39, 0.29) is 23.5 Å². The van der Waals surface area contributed by atoms with Crippen molar-refractivity contribution < 1.29 is 22.3 Å². The van der Waals surface area contributed by atoms with Gasteiger partial charge in [-0.2, -0.15) is 4.31 Å². The molecule has 21 heavy (non-hydrogen) atoms. The summed E-state index contributed by atoms with van der Waals surface area (Å²) in [7, 11) is -0.790. The highest BCUT2D eigenvalue weighted by Crippen LogP contribution is 2.20. The van der Waals surface area contributed by atoms with Gasteiger partial charge in [-0.3, -0.25) is 4.79 Å². The third kappa shape index (κ3) is 3.22. The second kappa shape index (κ2) is 6.08. The number of morpholine rings is 1. The lowest BCUT2D eigenvalue weighted by Crippen LogP contribution is -2.40. The highest BCUT2D eigenvalue weighted by molar-refractivity contribution is 7.89. The molecule has 1 aliphatic heterocycles. The molecule has 1 aromatic rings. The van der Waals surface area contributed by atoms with Crippen LogP contribution in [0.3, 0.4) is 0 Å². The fraction of sp³-hybridized carbons (Fsp3) is 0.462. The van der Waals surface area contributed by atoms with Gasteiger partial charge in [0.25, 0.3) is 5.91 Å². The molecule has 1 saturated heterocycles. The van der Waals surface area contributed by atoms with E-state index in [4.69, 9.17) is 4.74 Å². The number of nitrogens with zero attached hydrogens (tertiary/aromatic N) is 2. The normalized spacial score (nSPS) is 16.7. The summed E-state index contributed by atoms with van der Waals surface area (Å²) in [5.74, 6) is -1.32. The molecule has 116 valence electrons. The quantitative estimate of drug-likeness (QED) is 0.817. The molecular formula is C13H17FN2O4S. The molecule has 0 bridgehead atoms. The zero-order valence-electron chi connectivity index (χ0n) is 11.9. The molecule has 1 heterocycles. The largest absolute Gasteiger partial charge is 0.379 e. The third-order valence-electron chi connectivity index (χ3n) is 3.18. The van der Waals surface area contributed by atoms with Gasteiger partial charge in [0, 0.05) is 27.2 Å². The Balaban J connectivity index is 2.40. The number of carbonyl (C=O) groups excluding carboxylic acids is 1. The molecule has 0 atom stereocenters. The molecular weight excluding hydrogens is 299 g/mol. The summed E-state index contributed by atoms with van der Waals surface area (Å²) in [5.41, 5.74) is -0.255. The van der Waals surface area contributed by atoms with Crippen LogP contribution in [0, 0.1) is 5.82 Å². The number of rotatable bonds is 3. The highest BCUT2D eigenvalue weighted by atomic mass is 32.2. The average Bonchev–Trinajstić information content (AvgIpc) is 2.47. The fourth-order valence-corrected chi connectivity index (χ4v) is 3.44. The number of benzene rings is 1. The van der Waals surface area contributed by atoms with E-state index < -0.39 is 21.7 Å². The van der Waals surface area contributed by atoms with Crippen molar-refractivity contribution in [3.63, 3.8) is 0 Å². The van der Waals surface area contributed by atoms with Crippen molar-refractivity contribution in [3.05, 3.63) is 29.6 Å². The number of sulfonamides is 1. The van der Waals surface area contributed by atoms with Crippen LogP contribution in [0.5, 0.6) is 0 Å². The average molecular weight is 316 g/mol. The Hall–Kier alpha value is -1.51. The van der Waals surface area contributed by atoms with E-state index in [0.717, 1.165) is 12.1 Å². The van der Waals surface area contributed by atoms with Gasteiger partial charge in [-0.05, 0) is 18.2 Å². The lowest BCUT2D eigenvalue weighted by molar-refractivity contribution is 0.0730. The van der Waals surface area contributed by atoms with Crippen molar-refractivity contribution in [1.82, 2.24) is 9.21 Å². The molecule has 2 rings (SSSR count). The first-order chi connectivity index (χ1) is 9.84. The first kappa shape index (κ1) is 15.9. The molecule has 0 saturated carbocycles. The zero-order chi connectivity index (χ0) is 15.6. The first-order valence-electron chi connectivity index (χ1n) is 6.43. The fourth-order valence-electron chi connectivity index (χ4n) is 2.01. The second-order valence-corrected chi connectivity index (χ2v) is 6.80. The molecule has 0 unspecified atom stereocenters. The minimum atomic E-state index is -3.74. The summed E-state index contributed by atoms with van der Waals surface area (Å²) >= 11 is 0. The van der Waals surface area contributed by atoms with Crippen LogP contribution in [-0.4, -0.2) is 63.9 Å². The van der Waals surface area contributed by atoms with E-state index in [0.29, 0.717) is 13.2 Å². The van der Waals surface area contributed by atoms with Gasteiger partial charge >= 0.3 is 0 Å². The number of halogens is 1. The number of carbonyl (C=O) groups is 1. The van der Waals surface area contributed by atoms with E-state index in [1.165, 1.54) is 29.4 Å². The molecule has 0 aliphatic carbocycles. The van der Waals surface area contributed by atoms with Crippen LogP contribution in [0.15, 0.2) is 23.1 Å². The van der Waals surface area contributed by atoms with Gasteiger partial charge in [-0.15, -0.1) is 0 Å². The van der Waals surface area contributed by atoms with E-state index in [2.05, 4.69) is 0 Å². The Bertz CT molecular complexity index is 640. The van der Waals surface area contributed by atoms with Gasteiger partial charge in [0.15, 0.2) is 0 Å². The maximum Gasteiger partial charge on any atom is 0.256 e. The summed E-state index contributed by atoms with van der Waals surface area (Å²) in [6.45, 7) is 1.14. The molecule has 0 spiro atoms. The minimum Gasteiger partial charge on any atom is -0.379 e. The number of hydrogen-bond donors (Lipinski definition) is 0. The van der Waals surface area contributed by atoms with Gasteiger partial charge < -0.3 is 9.64 Å². The predicted molar refractivity (Wildman–Crippen MR) is 74.0 cm³/mol. The third-order valence-corrected chi connectivity index (χ3v) is 5.08. The number of hydrogen-bond acceptors (Lipinski definition) is 4. The Morgan fingerprint density at radius 2 is 1.90 bits per heavy atom. The van der Waals surface area contributed by atoms with Crippen LogP contribution in [0.25, 0.3) is 0 Å². The SMILES string of the molecule is CN(C)C(=O)c1cc(S(=O)(=O)N2CCOCC2)ccc1F. The monoisotopic (exact) mass is 316 g/mol. The van der Waals surface area contributed by atoms with Crippen LogP contribution in [0.2, 0.25) is 0 Å². The van der Waals surface area contributed by atoms with Crippen LogP contribution in [0.4, 0.5) is 4.39 Å². The van der Waals surface area contributed by atoms with Crippen LogP contribution < -0.4 is 0 Å². The van der Waals surface area contributed by atoms with Crippen molar-refractivity contribution in [3.8, 4) is 0 Å². The lowest BCUT2D eigenvalue weighted by Gasteiger charge is -2.26. The number of ether oxygens (including phenoxy) is 1. The van der Waals surface area contributed by atoms with Gasteiger partial charge in [0.2, 0.25) is 10.0 Å². The van der Waals surface area contributed by atoms with Crippen molar-refractivity contribution >= 4 is 15.9 Å². The Kier molecular flexibility index (Phi) is 4.60.